The molecule has 102 valence electrons. The highest BCUT2D eigenvalue weighted by Gasteiger charge is 2.22. The average molecular weight is 293 g/mol. The Morgan fingerprint density at radius 3 is 2.84 bits per heavy atom. The fourth-order valence-corrected chi connectivity index (χ4v) is 4.65. The molecule has 19 heavy (non-hydrogen) atoms. The summed E-state index contributed by atoms with van der Waals surface area (Å²) in [5.41, 5.74) is 5.99. The first-order chi connectivity index (χ1) is 9.26. The van der Waals surface area contributed by atoms with Gasteiger partial charge in [0.2, 0.25) is 0 Å². The molecule has 0 atom stereocenters. The number of hydrogen-bond donors (Lipinski definition) is 1. The van der Waals surface area contributed by atoms with Crippen LogP contribution in [0.3, 0.4) is 0 Å². The Labute approximate surface area is 122 Å². The van der Waals surface area contributed by atoms with Crippen molar-refractivity contribution in [3.05, 3.63) is 11.4 Å². The Hall–Kier alpha value is -0.810. The summed E-state index contributed by atoms with van der Waals surface area (Å²) in [5, 5.41) is 4.53. The van der Waals surface area contributed by atoms with Crippen LogP contribution in [0.5, 0.6) is 0 Å². The van der Waals surface area contributed by atoms with E-state index in [-0.39, 0.29) is 0 Å². The van der Waals surface area contributed by atoms with E-state index in [9.17, 15) is 0 Å². The van der Waals surface area contributed by atoms with Gasteiger partial charge in [0, 0.05) is 5.25 Å². The number of anilines is 1. The van der Waals surface area contributed by atoms with Crippen molar-refractivity contribution >= 4 is 39.1 Å². The van der Waals surface area contributed by atoms with E-state index in [1.54, 1.807) is 11.3 Å². The Morgan fingerprint density at radius 1 is 1.32 bits per heavy atom. The van der Waals surface area contributed by atoms with Crippen LogP contribution in [0, 0.1) is 5.92 Å². The molecule has 0 bridgehead atoms. The second kappa shape index (κ2) is 5.67. The predicted octanol–water partition coefficient (Wildman–Crippen LogP) is 4.33. The van der Waals surface area contributed by atoms with Gasteiger partial charge in [0.25, 0.3) is 0 Å². The van der Waals surface area contributed by atoms with E-state index in [2.05, 4.69) is 16.9 Å². The molecule has 0 amide bonds. The molecule has 0 spiro atoms. The normalized spacial score (nSPS) is 23.8. The highest BCUT2D eigenvalue weighted by Crippen LogP contribution is 2.36. The summed E-state index contributed by atoms with van der Waals surface area (Å²) in [5.74, 6) is 1.55. The second-order valence-electron chi connectivity index (χ2n) is 5.20. The van der Waals surface area contributed by atoms with Crippen molar-refractivity contribution in [3.8, 4) is 0 Å². The standard InChI is InChI=1S/C14H19N3S2/c1-2-9-3-5-10(6-4-9)19-14-16-12(15)11-7-8-18-13(11)17-14/h7-10H,2-6H2,1H3,(H2,15,16,17). The summed E-state index contributed by atoms with van der Waals surface area (Å²) < 4.78 is 0. The Kier molecular flexibility index (Phi) is 3.93. The van der Waals surface area contributed by atoms with Gasteiger partial charge in [-0.3, -0.25) is 0 Å². The topological polar surface area (TPSA) is 51.8 Å². The van der Waals surface area contributed by atoms with Crippen LogP contribution in [0.25, 0.3) is 10.2 Å². The number of nitrogens with zero attached hydrogens (tertiary/aromatic N) is 2. The SMILES string of the molecule is CCC1CCC(Sc2nc(N)c3ccsc3n2)CC1. The summed E-state index contributed by atoms with van der Waals surface area (Å²) in [6, 6.07) is 2.00. The number of nitrogens with two attached hydrogens (primary N) is 1. The zero-order valence-corrected chi connectivity index (χ0v) is 12.8. The van der Waals surface area contributed by atoms with Gasteiger partial charge in [-0.1, -0.05) is 25.1 Å². The fraction of sp³-hybridized carbons (Fsp3) is 0.571. The first kappa shape index (κ1) is 13.2. The molecule has 3 nitrogen and oxygen atoms in total. The van der Waals surface area contributed by atoms with Gasteiger partial charge in [0.15, 0.2) is 5.16 Å². The van der Waals surface area contributed by atoms with Gasteiger partial charge in [-0.15, -0.1) is 11.3 Å². The number of nitrogen functional groups attached to an aromatic ring is 1. The smallest absolute Gasteiger partial charge is 0.191 e. The monoisotopic (exact) mass is 293 g/mol. The van der Waals surface area contributed by atoms with Crippen LogP contribution >= 0.6 is 23.1 Å². The van der Waals surface area contributed by atoms with Crippen molar-refractivity contribution in [1.82, 2.24) is 9.97 Å². The second-order valence-corrected chi connectivity index (χ2v) is 7.36. The highest BCUT2D eigenvalue weighted by atomic mass is 32.2. The van der Waals surface area contributed by atoms with Gasteiger partial charge >= 0.3 is 0 Å². The molecule has 0 aliphatic heterocycles. The molecule has 1 fully saturated rings. The van der Waals surface area contributed by atoms with E-state index in [1.165, 1.54) is 32.1 Å². The van der Waals surface area contributed by atoms with Crippen LogP contribution in [-0.2, 0) is 0 Å². The lowest BCUT2D eigenvalue weighted by molar-refractivity contribution is 0.356. The molecule has 1 aliphatic carbocycles. The molecule has 1 aliphatic rings. The molecule has 0 saturated heterocycles. The lowest BCUT2D eigenvalue weighted by Gasteiger charge is -2.26. The summed E-state index contributed by atoms with van der Waals surface area (Å²) in [6.45, 7) is 2.30. The van der Waals surface area contributed by atoms with Crippen molar-refractivity contribution < 1.29 is 0 Å². The third-order valence-corrected chi connectivity index (χ3v) is 5.98. The first-order valence-corrected chi connectivity index (χ1v) is 8.69. The molecule has 2 aromatic heterocycles. The minimum Gasteiger partial charge on any atom is -0.383 e. The molecule has 0 unspecified atom stereocenters. The molecule has 0 aromatic carbocycles. The molecule has 3 rings (SSSR count). The van der Waals surface area contributed by atoms with E-state index in [1.807, 2.05) is 23.2 Å². The highest BCUT2D eigenvalue weighted by molar-refractivity contribution is 7.99. The molecule has 2 N–H and O–H groups in total. The third-order valence-electron chi connectivity index (χ3n) is 3.98. The molecular formula is C14H19N3S2. The van der Waals surface area contributed by atoms with E-state index in [4.69, 9.17) is 5.73 Å². The third kappa shape index (κ3) is 2.87. The molecular weight excluding hydrogens is 274 g/mol. The van der Waals surface area contributed by atoms with Crippen molar-refractivity contribution in [2.24, 2.45) is 5.92 Å². The van der Waals surface area contributed by atoms with E-state index in [0.29, 0.717) is 11.1 Å². The summed E-state index contributed by atoms with van der Waals surface area (Å²) in [6.07, 6.45) is 6.60. The van der Waals surface area contributed by atoms with Gasteiger partial charge in [0.05, 0.1) is 5.39 Å². The minimum atomic E-state index is 0.621. The lowest BCUT2D eigenvalue weighted by atomic mass is 9.87. The largest absolute Gasteiger partial charge is 0.383 e. The summed E-state index contributed by atoms with van der Waals surface area (Å²) >= 11 is 3.45. The number of fused-ring (bicyclic) bond motifs is 1. The fourth-order valence-electron chi connectivity index (χ4n) is 2.72. The Morgan fingerprint density at radius 2 is 2.11 bits per heavy atom. The number of aromatic nitrogens is 2. The van der Waals surface area contributed by atoms with Gasteiger partial charge in [-0.2, -0.15) is 0 Å². The van der Waals surface area contributed by atoms with Crippen LogP contribution in [0.15, 0.2) is 16.6 Å². The zero-order chi connectivity index (χ0) is 13.2. The van der Waals surface area contributed by atoms with Crippen LogP contribution in [0.2, 0.25) is 0 Å². The maximum Gasteiger partial charge on any atom is 0.191 e. The molecule has 0 radical (unpaired) electrons. The number of thioether (sulfide) groups is 1. The van der Waals surface area contributed by atoms with Gasteiger partial charge in [0.1, 0.15) is 10.6 Å². The maximum atomic E-state index is 5.99. The Bertz CT molecular complexity index is 559. The average Bonchev–Trinajstić information content (AvgIpc) is 2.88. The predicted molar refractivity (Wildman–Crippen MR) is 83.7 cm³/mol. The van der Waals surface area contributed by atoms with Gasteiger partial charge < -0.3 is 5.73 Å². The molecule has 2 aromatic rings. The van der Waals surface area contributed by atoms with Gasteiger partial charge in [-0.05, 0) is 43.0 Å². The number of rotatable bonds is 3. The van der Waals surface area contributed by atoms with Crippen molar-refractivity contribution in [2.45, 2.75) is 49.4 Å². The van der Waals surface area contributed by atoms with Gasteiger partial charge in [-0.25, -0.2) is 9.97 Å². The van der Waals surface area contributed by atoms with Crippen LogP contribution in [-0.4, -0.2) is 15.2 Å². The number of hydrogen-bond acceptors (Lipinski definition) is 5. The van der Waals surface area contributed by atoms with E-state index >= 15 is 0 Å². The Balaban J connectivity index is 1.71. The lowest BCUT2D eigenvalue weighted by Crippen LogP contribution is -2.16. The molecule has 2 heterocycles. The zero-order valence-electron chi connectivity index (χ0n) is 11.1. The van der Waals surface area contributed by atoms with Crippen molar-refractivity contribution in [2.75, 3.05) is 5.73 Å². The summed E-state index contributed by atoms with van der Waals surface area (Å²) in [7, 11) is 0. The quantitative estimate of drug-likeness (QED) is 0.856. The van der Waals surface area contributed by atoms with Crippen LogP contribution in [0.4, 0.5) is 5.82 Å². The maximum absolute atomic E-state index is 5.99. The molecule has 1 saturated carbocycles. The van der Waals surface area contributed by atoms with Crippen LogP contribution < -0.4 is 5.73 Å². The first-order valence-electron chi connectivity index (χ1n) is 6.93. The van der Waals surface area contributed by atoms with E-state index in [0.717, 1.165) is 21.3 Å². The number of thiophene rings is 1. The van der Waals surface area contributed by atoms with E-state index < -0.39 is 0 Å². The van der Waals surface area contributed by atoms with Crippen molar-refractivity contribution in [3.63, 3.8) is 0 Å². The van der Waals surface area contributed by atoms with Crippen molar-refractivity contribution in [1.29, 1.82) is 0 Å². The summed E-state index contributed by atoms with van der Waals surface area (Å²) in [4.78, 5) is 10.1. The van der Waals surface area contributed by atoms with Crippen LogP contribution in [0.1, 0.15) is 39.0 Å². The molecule has 5 heteroatoms. The minimum absolute atomic E-state index is 0.621.